The minimum Gasteiger partial charge on any atom is -0.312 e. The Labute approximate surface area is 152 Å². The molecule has 2 rings (SSSR count). The van der Waals surface area contributed by atoms with Crippen LogP contribution in [0.15, 0.2) is 24.3 Å². The molecule has 1 aromatic carbocycles. The van der Waals surface area contributed by atoms with Crippen molar-refractivity contribution in [3.05, 3.63) is 29.3 Å². The monoisotopic (exact) mass is 365 g/mol. The second-order valence-corrected chi connectivity index (χ2v) is 8.35. The zero-order valence-electron chi connectivity index (χ0n) is 14.7. The number of nitrogens with zero attached hydrogens (tertiary/aromatic N) is 1. The van der Waals surface area contributed by atoms with E-state index in [-0.39, 0.29) is 5.78 Å². The van der Waals surface area contributed by atoms with E-state index in [2.05, 4.69) is 36.4 Å². The normalized spacial score (nSPS) is 14.0. The van der Waals surface area contributed by atoms with Gasteiger partial charge >= 0.3 is 0 Å². The molecule has 1 unspecified atom stereocenters. The molecule has 0 fully saturated rings. The third-order valence-corrected chi connectivity index (χ3v) is 6.43. The van der Waals surface area contributed by atoms with Gasteiger partial charge in [-0.05, 0) is 25.1 Å². The number of carbonyl (C=O) groups is 1. The summed E-state index contributed by atoms with van der Waals surface area (Å²) < 4.78 is 1.07. The number of hydrogen-bond donors (Lipinski definition) is 2. The summed E-state index contributed by atoms with van der Waals surface area (Å²) in [6, 6.07) is 8.26. The number of thiazole rings is 1. The van der Waals surface area contributed by atoms with Crippen LogP contribution in [-0.2, 0) is 0 Å². The fourth-order valence-corrected chi connectivity index (χ4v) is 4.24. The number of benzene rings is 1. The van der Waals surface area contributed by atoms with Crippen molar-refractivity contribution in [3.8, 4) is 0 Å². The molecule has 0 saturated heterocycles. The Bertz CT molecular complexity index is 611. The molecular weight excluding hydrogens is 338 g/mol. The lowest BCUT2D eigenvalue weighted by Gasteiger charge is -2.19. The van der Waals surface area contributed by atoms with Gasteiger partial charge in [0, 0.05) is 23.6 Å². The molecule has 6 heteroatoms. The first-order valence-corrected chi connectivity index (χ1v) is 10.4. The van der Waals surface area contributed by atoms with Crippen LogP contribution in [0.5, 0.6) is 0 Å². The first-order chi connectivity index (χ1) is 11.6. The number of fused-ring (bicyclic) bond motifs is 1. The summed E-state index contributed by atoms with van der Waals surface area (Å²) in [6.45, 7) is 8.68. The number of hydrogen-bond acceptors (Lipinski definition) is 6. The van der Waals surface area contributed by atoms with Gasteiger partial charge in [-0.3, -0.25) is 4.79 Å². The molecular formula is C18H27N3OS2. The summed E-state index contributed by atoms with van der Waals surface area (Å²) in [6.07, 6.45) is 1.19. The molecule has 0 aliphatic heterocycles. The predicted octanol–water partition coefficient (Wildman–Crippen LogP) is 3.58. The number of para-hydroxylation sites is 1. The maximum atomic E-state index is 12.3. The second-order valence-electron chi connectivity index (χ2n) is 5.85. The van der Waals surface area contributed by atoms with Gasteiger partial charge < -0.3 is 10.6 Å². The maximum Gasteiger partial charge on any atom is 0.205 e. The predicted molar refractivity (Wildman–Crippen MR) is 106 cm³/mol. The molecule has 1 aromatic heterocycles. The van der Waals surface area contributed by atoms with E-state index >= 15 is 0 Å². The molecule has 0 amide bonds. The van der Waals surface area contributed by atoms with Gasteiger partial charge in [0.2, 0.25) is 5.78 Å². The van der Waals surface area contributed by atoms with E-state index in [0.29, 0.717) is 22.8 Å². The van der Waals surface area contributed by atoms with Crippen LogP contribution in [0.3, 0.4) is 0 Å². The summed E-state index contributed by atoms with van der Waals surface area (Å²) in [5.41, 5.74) is 0.904. The topological polar surface area (TPSA) is 54.0 Å². The van der Waals surface area contributed by atoms with Gasteiger partial charge in [-0.2, -0.15) is 11.8 Å². The van der Waals surface area contributed by atoms with Gasteiger partial charge in [0.25, 0.3) is 0 Å². The Morgan fingerprint density at radius 2 is 2.12 bits per heavy atom. The van der Waals surface area contributed by atoms with Crippen molar-refractivity contribution in [2.45, 2.75) is 38.5 Å². The molecule has 0 bridgehead atoms. The van der Waals surface area contributed by atoms with Crippen LogP contribution in [0, 0.1) is 0 Å². The molecule has 1 heterocycles. The fourth-order valence-electron chi connectivity index (χ4n) is 2.30. The Balaban J connectivity index is 1.81. The van der Waals surface area contributed by atoms with Gasteiger partial charge in [0.1, 0.15) is 0 Å². The van der Waals surface area contributed by atoms with E-state index in [1.54, 1.807) is 0 Å². The molecule has 0 aliphatic carbocycles. The van der Waals surface area contributed by atoms with E-state index in [1.807, 2.05) is 36.0 Å². The van der Waals surface area contributed by atoms with E-state index in [1.165, 1.54) is 17.8 Å². The lowest BCUT2D eigenvalue weighted by Crippen LogP contribution is -2.42. The first kappa shape index (κ1) is 19.4. The van der Waals surface area contributed by atoms with Crippen LogP contribution in [0.2, 0.25) is 0 Å². The molecule has 2 atom stereocenters. The Morgan fingerprint density at radius 3 is 2.83 bits per heavy atom. The highest BCUT2D eigenvalue weighted by Gasteiger charge is 2.14. The van der Waals surface area contributed by atoms with Gasteiger partial charge in [0.15, 0.2) is 5.01 Å². The Kier molecular flexibility index (Phi) is 8.18. The molecule has 0 aliphatic rings. The van der Waals surface area contributed by atoms with Crippen molar-refractivity contribution in [1.82, 2.24) is 15.6 Å². The van der Waals surface area contributed by atoms with E-state index in [4.69, 9.17) is 0 Å². The van der Waals surface area contributed by atoms with Crippen LogP contribution >= 0.6 is 23.1 Å². The highest BCUT2D eigenvalue weighted by atomic mass is 32.2. The van der Waals surface area contributed by atoms with Gasteiger partial charge in [-0.25, -0.2) is 4.98 Å². The zero-order valence-corrected chi connectivity index (χ0v) is 16.3. The molecule has 0 spiro atoms. The lowest BCUT2D eigenvalue weighted by molar-refractivity contribution is 0.0990. The van der Waals surface area contributed by atoms with E-state index < -0.39 is 0 Å². The largest absolute Gasteiger partial charge is 0.312 e. The number of aromatic nitrogens is 1. The molecule has 132 valence electrons. The molecule has 0 radical (unpaired) electrons. The Morgan fingerprint density at radius 1 is 1.33 bits per heavy atom. The standard InChI is InChI=1S/C18H27N3OS2/c1-4-13(3)23-12-14(20-5-2)10-19-11-16(22)18-21-15-8-6-7-9-17(15)24-18/h6-9,13-14,19-20H,4-5,10-12H2,1-3H3/t13-,14?/m0/s1. The van der Waals surface area contributed by atoms with Crippen LogP contribution in [0.1, 0.15) is 37.0 Å². The summed E-state index contributed by atoms with van der Waals surface area (Å²) in [5, 5.41) is 8.06. The van der Waals surface area contributed by atoms with Crippen molar-refractivity contribution in [2.24, 2.45) is 0 Å². The summed E-state index contributed by atoms with van der Waals surface area (Å²) in [4.78, 5) is 16.8. The van der Waals surface area contributed by atoms with E-state index in [0.717, 1.165) is 29.1 Å². The van der Waals surface area contributed by atoms with Crippen molar-refractivity contribution < 1.29 is 4.79 Å². The van der Waals surface area contributed by atoms with Gasteiger partial charge in [-0.1, -0.05) is 32.9 Å². The smallest absolute Gasteiger partial charge is 0.205 e. The minimum absolute atomic E-state index is 0.0704. The number of carbonyl (C=O) groups excluding carboxylic acids is 1. The van der Waals surface area contributed by atoms with Crippen molar-refractivity contribution in [2.75, 3.05) is 25.4 Å². The van der Waals surface area contributed by atoms with Crippen LogP contribution in [-0.4, -0.2) is 47.4 Å². The van der Waals surface area contributed by atoms with Gasteiger partial charge in [-0.15, -0.1) is 11.3 Å². The highest BCUT2D eigenvalue weighted by Crippen LogP contribution is 2.21. The van der Waals surface area contributed by atoms with E-state index in [9.17, 15) is 4.79 Å². The molecule has 24 heavy (non-hydrogen) atoms. The summed E-state index contributed by atoms with van der Waals surface area (Å²) >= 11 is 3.46. The average Bonchev–Trinajstić information content (AvgIpc) is 3.03. The number of nitrogens with one attached hydrogen (secondary N) is 2. The lowest BCUT2D eigenvalue weighted by atomic mass is 10.3. The maximum absolute atomic E-state index is 12.3. The SMILES string of the molecule is CCNC(CNCC(=O)c1nc2ccccc2s1)CS[C@@H](C)CC. The summed E-state index contributed by atoms with van der Waals surface area (Å²) in [7, 11) is 0. The van der Waals surface area contributed by atoms with Crippen molar-refractivity contribution in [3.63, 3.8) is 0 Å². The molecule has 2 aromatic rings. The second kappa shape index (κ2) is 10.1. The quantitative estimate of drug-likeness (QED) is 0.596. The minimum atomic E-state index is 0.0704. The average molecular weight is 366 g/mol. The summed E-state index contributed by atoms with van der Waals surface area (Å²) in [5.74, 6) is 1.13. The van der Waals surface area contributed by atoms with Crippen LogP contribution in [0.4, 0.5) is 0 Å². The number of likely N-dealkylation sites (N-methyl/N-ethyl adjacent to an activating group) is 1. The van der Waals surface area contributed by atoms with Crippen LogP contribution in [0.25, 0.3) is 10.2 Å². The number of ketones is 1. The van der Waals surface area contributed by atoms with Crippen LogP contribution < -0.4 is 10.6 Å². The Hall–Kier alpha value is -0.950. The highest BCUT2D eigenvalue weighted by molar-refractivity contribution is 7.99. The van der Waals surface area contributed by atoms with Gasteiger partial charge in [0.05, 0.1) is 16.8 Å². The number of thioether (sulfide) groups is 1. The molecule has 4 nitrogen and oxygen atoms in total. The molecule has 2 N–H and O–H groups in total. The third-order valence-electron chi connectivity index (χ3n) is 3.86. The first-order valence-electron chi connectivity index (χ1n) is 8.58. The van der Waals surface area contributed by atoms with Crippen molar-refractivity contribution >= 4 is 39.1 Å². The fraction of sp³-hybridized carbons (Fsp3) is 0.556. The third kappa shape index (κ3) is 5.84. The zero-order chi connectivity index (χ0) is 17.4. The number of rotatable bonds is 11. The number of Topliss-reactive ketones (excluding diaryl/α,β-unsaturated/α-hetero) is 1. The van der Waals surface area contributed by atoms with Crippen molar-refractivity contribution in [1.29, 1.82) is 0 Å². The molecule has 0 saturated carbocycles.